The van der Waals surface area contributed by atoms with E-state index in [2.05, 4.69) is 26.2 Å². The summed E-state index contributed by atoms with van der Waals surface area (Å²) in [5.41, 5.74) is 3.44. The molecule has 1 N–H and O–H groups in total. The van der Waals surface area contributed by atoms with Crippen molar-refractivity contribution in [3.8, 4) is 11.3 Å². The maximum absolute atomic E-state index is 4.72. The number of piperidine rings is 1. The third kappa shape index (κ3) is 2.44. The van der Waals surface area contributed by atoms with E-state index in [0.717, 1.165) is 28.8 Å². The zero-order valence-electron chi connectivity index (χ0n) is 10.9. The second-order valence-corrected chi connectivity index (χ2v) is 5.74. The van der Waals surface area contributed by atoms with Gasteiger partial charge in [0, 0.05) is 37.5 Å². The van der Waals surface area contributed by atoms with Crippen molar-refractivity contribution >= 4 is 15.9 Å². The Bertz CT molecular complexity index is 558. The van der Waals surface area contributed by atoms with Gasteiger partial charge in [-0.3, -0.25) is 9.67 Å². The van der Waals surface area contributed by atoms with Gasteiger partial charge < -0.3 is 5.32 Å². The maximum atomic E-state index is 4.72. The highest BCUT2D eigenvalue weighted by molar-refractivity contribution is 9.10. The number of pyridine rings is 1. The van der Waals surface area contributed by atoms with E-state index in [1.165, 1.54) is 18.5 Å². The van der Waals surface area contributed by atoms with Crippen LogP contribution in [0, 0.1) is 0 Å². The summed E-state index contributed by atoms with van der Waals surface area (Å²) < 4.78 is 3.08. The summed E-state index contributed by atoms with van der Waals surface area (Å²) >= 11 is 3.74. The lowest BCUT2D eigenvalue weighted by Gasteiger charge is -2.21. The molecule has 0 aliphatic carbocycles. The van der Waals surface area contributed by atoms with Crippen LogP contribution in [0.1, 0.15) is 24.5 Å². The molecule has 0 bridgehead atoms. The van der Waals surface area contributed by atoms with Gasteiger partial charge in [0.25, 0.3) is 0 Å². The average Bonchev–Trinajstić information content (AvgIpc) is 2.76. The van der Waals surface area contributed by atoms with Crippen LogP contribution in [-0.2, 0) is 7.05 Å². The lowest BCUT2D eigenvalue weighted by molar-refractivity contribution is 0.450. The Balaban J connectivity index is 2.00. The first kappa shape index (κ1) is 12.8. The van der Waals surface area contributed by atoms with Crippen molar-refractivity contribution in [2.24, 2.45) is 7.05 Å². The minimum absolute atomic E-state index is 0.505. The number of hydrogen-bond acceptors (Lipinski definition) is 3. The van der Waals surface area contributed by atoms with Crippen LogP contribution in [0.25, 0.3) is 11.3 Å². The van der Waals surface area contributed by atoms with Gasteiger partial charge in [-0.1, -0.05) is 0 Å². The Morgan fingerprint density at radius 1 is 1.37 bits per heavy atom. The molecule has 1 atom stereocenters. The first-order valence-corrected chi connectivity index (χ1v) is 7.40. The molecule has 1 aliphatic heterocycles. The average molecular weight is 321 g/mol. The van der Waals surface area contributed by atoms with Gasteiger partial charge in [-0.15, -0.1) is 0 Å². The normalized spacial score (nSPS) is 19.6. The Hall–Kier alpha value is -1.20. The summed E-state index contributed by atoms with van der Waals surface area (Å²) in [7, 11) is 2.00. The van der Waals surface area contributed by atoms with Gasteiger partial charge >= 0.3 is 0 Å². The highest BCUT2D eigenvalue weighted by atomic mass is 79.9. The molecule has 1 unspecified atom stereocenters. The smallest absolute Gasteiger partial charge is 0.0825 e. The predicted molar refractivity (Wildman–Crippen MR) is 79.0 cm³/mol. The minimum atomic E-state index is 0.505. The molecule has 1 saturated heterocycles. The first-order chi connectivity index (χ1) is 9.27. The van der Waals surface area contributed by atoms with E-state index in [-0.39, 0.29) is 0 Å². The molecule has 19 heavy (non-hydrogen) atoms. The van der Waals surface area contributed by atoms with Gasteiger partial charge in [0.05, 0.1) is 15.9 Å². The summed E-state index contributed by atoms with van der Waals surface area (Å²) in [6.45, 7) is 2.14. The van der Waals surface area contributed by atoms with E-state index in [1.807, 2.05) is 36.3 Å². The van der Waals surface area contributed by atoms with Crippen LogP contribution in [0.2, 0.25) is 0 Å². The molecular weight excluding hydrogens is 304 g/mol. The standard InChI is InChI=1S/C14H17BrN4/c1-19-14(10-4-7-16-8-5-10)12(15)13(18-19)11-3-2-6-17-9-11/h4-5,7-8,11,17H,2-3,6,9H2,1H3. The lowest BCUT2D eigenvalue weighted by atomic mass is 9.96. The van der Waals surface area contributed by atoms with E-state index in [9.17, 15) is 0 Å². The summed E-state index contributed by atoms with van der Waals surface area (Å²) in [6, 6.07) is 4.04. The molecule has 0 aromatic carbocycles. The van der Waals surface area contributed by atoms with Crippen molar-refractivity contribution < 1.29 is 0 Å². The summed E-state index contributed by atoms with van der Waals surface area (Å²) in [5.74, 6) is 0.505. The molecule has 0 radical (unpaired) electrons. The highest BCUT2D eigenvalue weighted by Gasteiger charge is 2.24. The Morgan fingerprint density at radius 2 is 2.16 bits per heavy atom. The second kappa shape index (κ2) is 5.43. The number of halogens is 1. The Labute approximate surface area is 121 Å². The molecule has 1 fully saturated rings. The van der Waals surface area contributed by atoms with Crippen LogP contribution in [0.3, 0.4) is 0 Å². The summed E-state index contributed by atoms with van der Waals surface area (Å²) in [6.07, 6.45) is 6.06. The van der Waals surface area contributed by atoms with Gasteiger partial charge in [-0.2, -0.15) is 5.10 Å². The van der Waals surface area contributed by atoms with Gasteiger partial charge in [-0.25, -0.2) is 0 Å². The minimum Gasteiger partial charge on any atom is -0.316 e. The predicted octanol–water partition coefficient (Wildman–Crippen LogP) is 2.71. The molecule has 0 amide bonds. The monoisotopic (exact) mass is 320 g/mol. The zero-order valence-corrected chi connectivity index (χ0v) is 12.5. The fraction of sp³-hybridized carbons (Fsp3) is 0.429. The van der Waals surface area contributed by atoms with Gasteiger partial charge in [0.2, 0.25) is 0 Å². The number of nitrogens with one attached hydrogen (secondary N) is 1. The van der Waals surface area contributed by atoms with Crippen LogP contribution in [0.4, 0.5) is 0 Å². The molecule has 3 rings (SSSR count). The van der Waals surface area contributed by atoms with Gasteiger partial charge in [0.15, 0.2) is 0 Å². The third-order valence-electron chi connectivity index (χ3n) is 3.65. The van der Waals surface area contributed by atoms with E-state index in [4.69, 9.17) is 5.10 Å². The summed E-state index contributed by atoms with van der Waals surface area (Å²) in [4.78, 5) is 4.07. The number of aryl methyl sites for hydroxylation is 1. The number of rotatable bonds is 2. The van der Waals surface area contributed by atoms with Crippen LogP contribution < -0.4 is 5.32 Å². The van der Waals surface area contributed by atoms with Crippen molar-refractivity contribution in [3.63, 3.8) is 0 Å². The van der Waals surface area contributed by atoms with Crippen molar-refractivity contribution in [2.75, 3.05) is 13.1 Å². The van der Waals surface area contributed by atoms with Crippen LogP contribution >= 0.6 is 15.9 Å². The van der Waals surface area contributed by atoms with Crippen molar-refractivity contribution in [2.45, 2.75) is 18.8 Å². The Kier molecular flexibility index (Phi) is 3.66. The third-order valence-corrected chi connectivity index (χ3v) is 4.43. The molecule has 3 heterocycles. The molecule has 4 nitrogen and oxygen atoms in total. The topological polar surface area (TPSA) is 42.7 Å². The molecule has 5 heteroatoms. The van der Waals surface area contributed by atoms with Crippen LogP contribution in [0.5, 0.6) is 0 Å². The summed E-state index contributed by atoms with van der Waals surface area (Å²) in [5, 5.41) is 8.17. The van der Waals surface area contributed by atoms with E-state index >= 15 is 0 Å². The molecule has 1 aliphatic rings. The van der Waals surface area contributed by atoms with E-state index in [1.54, 1.807) is 0 Å². The molecule has 0 saturated carbocycles. The largest absolute Gasteiger partial charge is 0.316 e. The SMILES string of the molecule is Cn1nc(C2CCCNC2)c(Br)c1-c1ccncc1. The number of hydrogen-bond donors (Lipinski definition) is 1. The molecule has 2 aromatic rings. The van der Waals surface area contributed by atoms with Crippen molar-refractivity contribution in [3.05, 3.63) is 34.7 Å². The second-order valence-electron chi connectivity index (χ2n) is 4.95. The molecule has 0 spiro atoms. The molecular formula is C14H17BrN4. The van der Waals surface area contributed by atoms with Crippen LogP contribution in [0.15, 0.2) is 29.0 Å². The molecule has 2 aromatic heterocycles. The maximum Gasteiger partial charge on any atom is 0.0825 e. The number of aromatic nitrogens is 3. The lowest BCUT2D eigenvalue weighted by Crippen LogP contribution is -2.28. The van der Waals surface area contributed by atoms with Crippen molar-refractivity contribution in [1.29, 1.82) is 0 Å². The fourth-order valence-corrected chi connectivity index (χ4v) is 3.58. The first-order valence-electron chi connectivity index (χ1n) is 6.61. The van der Waals surface area contributed by atoms with Crippen molar-refractivity contribution in [1.82, 2.24) is 20.1 Å². The van der Waals surface area contributed by atoms with E-state index in [0.29, 0.717) is 5.92 Å². The highest BCUT2D eigenvalue weighted by Crippen LogP contribution is 2.35. The fourth-order valence-electron chi connectivity index (χ4n) is 2.69. The zero-order chi connectivity index (χ0) is 13.2. The molecule has 100 valence electrons. The quantitative estimate of drug-likeness (QED) is 0.925. The van der Waals surface area contributed by atoms with Gasteiger partial charge in [-0.05, 0) is 47.4 Å². The van der Waals surface area contributed by atoms with Gasteiger partial charge in [0.1, 0.15) is 0 Å². The number of nitrogens with zero attached hydrogens (tertiary/aromatic N) is 3. The van der Waals surface area contributed by atoms with E-state index < -0.39 is 0 Å². The Morgan fingerprint density at radius 3 is 2.84 bits per heavy atom. The van der Waals surface area contributed by atoms with Crippen LogP contribution in [-0.4, -0.2) is 27.9 Å².